The van der Waals surface area contributed by atoms with Gasteiger partial charge in [0.05, 0.1) is 26.3 Å². The molecule has 1 aliphatic rings. The molecule has 1 heterocycles. The Hall–Kier alpha value is -3.98. The summed E-state index contributed by atoms with van der Waals surface area (Å²) in [4.78, 5) is 29.5. The number of rotatable bonds is 9. The highest BCUT2D eigenvalue weighted by Crippen LogP contribution is 2.28. The Bertz CT molecular complexity index is 1230. The first-order valence-electron chi connectivity index (χ1n) is 11.4. The Morgan fingerprint density at radius 1 is 0.944 bits per heavy atom. The van der Waals surface area contributed by atoms with Gasteiger partial charge in [-0.25, -0.2) is 4.39 Å². The highest BCUT2D eigenvalue weighted by Gasteiger charge is 2.43. The first-order chi connectivity index (χ1) is 17.4. The topological polar surface area (TPSA) is 71.1 Å². The lowest BCUT2D eigenvalue weighted by Crippen LogP contribution is -2.39. The maximum absolute atomic E-state index is 13.5. The van der Waals surface area contributed by atoms with Crippen molar-refractivity contribution in [1.29, 1.82) is 0 Å². The van der Waals surface area contributed by atoms with Crippen LogP contribution in [-0.4, -0.2) is 48.6 Å². The second-order valence-corrected chi connectivity index (χ2v) is 8.59. The number of ether oxygens (including phenoxy) is 2. The number of carbonyl (C=O) groups excluding carboxylic acids is 2. The van der Waals surface area contributed by atoms with Crippen molar-refractivity contribution in [1.82, 2.24) is 4.90 Å². The van der Waals surface area contributed by atoms with E-state index in [0.717, 1.165) is 11.3 Å². The van der Waals surface area contributed by atoms with Crippen LogP contribution in [0.5, 0.6) is 11.5 Å². The van der Waals surface area contributed by atoms with Gasteiger partial charge in [0.2, 0.25) is 5.91 Å². The lowest BCUT2D eigenvalue weighted by molar-refractivity contribution is -0.124. The Morgan fingerprint density at radius 3 is 2.11 bits per heavy atom. The van der Waals surface area contributed by atoms with Gasteiger partial charge < -0.3 is 19.7 Å². The highest BCUT2D eigenvalue weighted by atomic mass is 32.1. The third-order valence-electron chi connectivity index (χ3n) is 5.96. The van der Waals surface area contributed by atoms with Crippen molar-refractivity contribution in [2.75, 3.05) is 31.0 Å². The second-order valence-electron chi connectivity index (χ2n) is 8.22. The number of anilines is 2. The summed E-state index contributed by atoms with van der Waals surface area (Å²) in [6, 6.07) is 19.3. The molecule has 1 N–H and O–H groups in total. The number of nitrogens with zero attached hydrogens (tertiary/aromatic N) is 2. The second kappa shape index (κ2) is 11.2. The van der Waals surface area contributed by atoms with Crippen molar-refractivity contribution in [3.63, 3.8) is 0 Å². The zero-order chi connectivity index (χ0) is 25.7. The van der Waals surface area contributed by atoms with Crippen LogP contribution in [0.25, 0.3) is 0 Å². The van der Waals surface area contributed by atoms with Crippen LogP contribution >= 0.6 is 12.2 Å². The maximum Gasteiger partial charge on any atom is 0.256 e. The fourth-order valence-corrected chi connectivity index (χ4v) is 4.43. The average molecular weight is 508 g/mol. The molecule has 9 heteroatoms. The van der Waals surface area contributed by atoms with Gasteiger partial charge in [-0.1, -0.05) is 12.1 Å². The molecule has 1 fully saturated rings. The number of thiocarbonyl (C=S) groups is 1. The van der Waals surface area contributed by atoms with Crippen LogP contribution in [0.3, 0.4) is 0 Å². The Balaban J connectivity index is 1.53. The van der Waals surface area contributed by atoms with Gasteiger partial charge in [0.15, 0.2) is 5.11 Å². The largest absolute Gasteiger partial charge is 0.497 e. The van der Waals surface area contributed by atoms with Crippen molar-refractivity contribution < 1.29 is 23.5 Å². The van der Waals surface area contributed by atoms with Crippen molar-refractivity contribution in [3.8, 4) is 11.5 Å². The normalized spacial score (nSPS) is 15.2. The average Bonchev–Trinajstić information content (AvgIpc) is 3.12. The van der Waals surface area contributed by atoms with Crippen LogP contribution in [0.15, 0.2) is 72.8 Å². The van der Waals surface area contributed by atoms with E-state index in [1.165, 1.54) is 29.2 Å². The van der Waals surface area contributed by atoms with Gasteiger partial charge in [-0.15, -0.1) is 0 Å². The summed E-state index contributed by atoms with van der Waals surface area (Å²) in [5, 5.41) is 3.11. The van der Waals surface area contributed by atoms with Gasteiger partial charge in [0.25, 0.3) is 5.91 Å². The third kappa shape index (κ3) is 5.63. The zero-order valence-electron chi connectivity index (χ0n) is 19.9. The van der Waals surface area contributed by atoms with Crippen LogP contribution in [0, 0.1) is 5.82 Å². The highest BCUT2D eigenvalue weighted by molar-refractivity contribution is 7.80. The molecular weight excluding hydrogens is 481 g/mol. The number of amides is 2. The minimum absolute atomic E-state index is 0.0920. The molecular formula is C27H26FN3O4S. The van der Waals surface area contributed by atoms with Crippen LogP contribution in [-0.2, 0) is 16.0 Å². The van der Waals surface area contributed by atoms with Crippen molar-refractivity contribution in [2.45, 2.75) is 18.9 Å². The van der Waals surface area contributed by atoms with Gasteiger partial charge in [-0.2, -0.15) is 0 Å². The molecule has 3 aromatic carbocycles. The minimum atomic E-state index is -0.793. The number of halogens is 1. The van der Waals surface area contributed by atoms with Crippen LogP contribution < -0.4 is 19.7 Å². The van der Waals surface area contributed by atoms with Gasteiger partial charge in [0, 0.05) is 12.2 Å². The van der Waals surface area contributed by atoms with E-state index in [-0.39, 0.29) is 23.3 Å². The van der Waals surface area contributed by atoms with Gasteiger partial charge in [0.1, 0.15) is 23.4 Å². The van der Waals surface area contributed by atoms with E-state index in [1.807, 2.05) is 24.3 Å². The predicted molar refractivity (Wildman–Crippen MR) is 140 cm³/mol. The molecule has 2 amide bonds. The first-order valence-corrected chi connectivity index (χ1v) is 11.8. The van der Waals surface area contributed by atoms with Crippen molar-refractivity contribution in [2.24, 2.45) is 0 Å². The summed E-state index contributed by atoms with van der Waals surface area (Å²) in [7, 11) is 3.17. The standard InChI is InChI=1S/C27H26FN3O4S/c1-34-22-11-3-18(4-12-22)15-16-30-24(17-25(32)29-20-7-13-23(35-2)14-8-20)26(33)31(27(30)36)21-9-5-19(28)6-10-21/h3-14,24H,15-17H2,1-2H3,(H,29,32)/t24-/m1/s1. The predicted octanol–water partition coefficient (Wildman–Crippen LogP) is 4.42. The third-order valence-corrected chi connectivity index (χ3v) is 6.37. The van der Waals surface area contributed by atoms with E-state index < -0.39 is 11.9 Å². The molecule has 3 aromatic rings. The maximum atomic E-state index is 13.5. The zero-order valence-corrected chi connectivity index (χ0v) is 20.8. The first kappa shape index (κ1) is 25.1. The van der Waals surface area contributed by atoms with E-state index in [4.69, 9.17) is 21.7 Å². The quantitative estimate of drug-likeness (QED) is 0.433. The molecule has 0 unspecified atom stereocenters. The molecule has 0 spiro atoms. The summed E-state index contributed by atoms with van der Waals surface area (Å²) < 4.78 is 23.9. The number of hydrogen-bond donors (Lipinski definition) is 1. The van der Waals surface area contributed by atoms with E-state index in [0.29, 0.717) is 30.1 Å². The van der Waals surface area contributed by atoms with Crippen molar-refractivity contribution >= 4 is 40.5 Å². The van der Waals surface area contributed by atoms with E-state index in [9.17, 15) is 14.0 Å². The molecule has 0 radical (unpaired) electrons. The van der Waals surface area contributed by atoms with Crippen molar-refractivity contribution in [3.05, 3.63) is 84.2 Å². The molecule has 186 valence electrons. The Kier molecular flexibility index (Phi) is 7.80. The number of benzene rings is 3. The molecule has 1 saturated heterocycles. The number of hydrogen-bond acceptors (Lipinski definition) is 5. The van der Waals surface area contributed by atoms with E-state index >= 15 is 0 Å². The van der Waals surface area contributed by atoms with Gasteiger partial charge >= 0.3 is 0 Å². The summed E-state index contributed by atoms with van der Waals surface area (Å²) in [6.45, 7) is 0.426. The Morgan fingerprint density at radius 2 is 1.53 bits per heavy atom. The monoisotopic (exact) mass is 507 g/mol. The molecule has 7 nitrogen and oxygen atoms in total. The SMILES string of the molecule is COc1ccc(CCN2C(=S)N(c3ccc(F)cc3)C(=O)[C@H]2CC(=O)Nc2ccc(OC)cc2)cc1. The molecule has 0 bridgehead atoms. The van der Waals surface area contributed by atoms with Gasteiger partial charge in [-0.05, 0) is 84.9 Å². The lowest BCUT2D eigenvalue weighted by atomic mass is 10.1. The molecule has 0 aliphatic carbocycles. The lowest BCUT2D eigenvalue weighted by Gasteiger charge is -2.24. The number of methoxy groups -OCH3 is 2. The smallest absolute Gasteiger partial charge is 0.256 e. The molecule has 0 aromatic heterocycles. The van der Waals surface area contributed by atoms with E-state index in [1.54, 1.807) is 43.4 Å². The number of nitrogens with one attached hydrogen (secondary N) is 1. The van der Waals surface area contributed by atoms with Crippen LogP contribution in [0.4, 0.5) is 15.8 Å². The molecule has 36 heavy (non-hydrogen) atoms. The summed E-state index contributed by atoms with van der Waals surface area (Å²) in [6.07, 6.45) is 0.510. The number of carbonyl (C=O) groups is 2. The summed E-state index contributed by atoms with van der Waals surface area (Å²) in [5.74, 6) is 0.358. The minimum Gasteiger partial charge on any atom is -0.497 e. The van der Waals surface area contributed by atoms with Crippen LogP contribution in [0.1, 0.15) is 12.0 Å². The summed E-state index contributed by atoms with van der Waals surface area (Å²) in [5.41, 5.74) is 2.08. The molecule has 0 saturated carbocycles. The summed E-state index contributed by atoms with van der Waals surface area (Å²) >= 11 is 5.67. The Labute approximate surface area is 214 Å². The molecule has 1 aliphatic heterocycles. The fraction of sp³-hybridized carbons (Fsp3) is 0.222. The molecule has 4 rings (SSSR count). The van der Waals surface area contributed by atoms with Crippen LogP contribution in [0.2, 0.25) is 0 Å². The fourth-order valence-electron chi connectivity index (χ4n) is 4.02. The van der Waals surface area contributed by atoms with Gasteiger partial charge in [-0.3, -0.25) is 14.5 Å². The van der Waals surface area contributed by atoms with E-state index in [2.05, 4.69) is 5.32 Å². The molecule has 1 atom stereocenters.